The van der Waals surface area contributed by atoms with Crippen LogP contribution in [0.15, 0.2) is 0 Å². The fourth-order valence-electron chi connectivity index (χ4n) is 8.91. The molecule has 0 spiro atoms. The first-order valence-corrected chi connectivity index (χ1v) is 26.4. The van der Waals surface area contributed by atoms with Gasteiger partial charge in [-0.25, -0.2) is 0 Å². The third-order valence-corrected chi connectivity index (χ3v) is 12.8. The van der Waals surface area contributed by atoms with Crippen LogP contribution in [0, 0.1) is 0 Å². The van der Waals surface area contributed by atoms with Crippen LogP contribution in [0.25, 0.3) is 0 Å². The second-order valence-electron chi connectivity index (χ2n) is 18.5. The summed E-state index contributed by atoms with van der Waals surface area (Å²) >= 11 is 0. The van der Waals surface area contributed by atoms with Crippen molar-refractivity contribution in [3.8, 4) is 0 Å². The van der Waals surface area contributed by atoms with Crippen molar-refractivity contribution in [2.75, 3.05) is 26.2 Å². The highest BCUT2D eigenvalue weighted by atomic mass is 16.5. The Kier molecular flexibility index (Phi) is 40.3. The molecule has 0 aliphatic carbocycles. The first kappa shape index (κ1) is 54.9. The van der Waals surface area contributed by atoms with E-state index < -0.39 is 0 Å². The topological polar surface area (TPSA) is 67.9 Å². The first-order valence-electron chi connectivity index (χ1n) is 26.4. The summed E-state index contributed by atoms with van der Waals surface area (Å²) in [6.45, 7) is 14.0. The van der Waals surface area contributed by atoms with Crippen molar-refractivity contribution >= 4 is 11.9 Å². The summed E-state index contributed by atoms with van der Waals surface area (Å²) in [6, 6.07) is 0.636. The number of carbonyl (C=O) groups excluding carboxylic acids is 2. The molecule has 0 aromatic rings. The van der Waals surface area contributed by atoms with E-state index in [9.17, 15) is 9.59 Å². The van der Waals surface area contributed by atoms with E-state index in [4.69, 9.17) is 9.47 Å². The van der Waals surface area contributed by atoms with Crippen molar-refractivity contribution in [3.05, 3.63) is 0 Å². The fourth-order valence-corrected chi connectivity index (χ4v) is 8.91. The molecule has 0 radical (unpaired) electrons. The van der Waals surface area contributed by atoms with E-state index >= 15 is 0 Å². The van der Waals surface area contributed by atoms with Crippen molar-refractivity contribution in [3.63, 3.8) is 0 Å². The molecule has 1 rings (SSSR count). The second kappa shape index (κ2) is 42.5. The number of ether oxygens (including phenoxy) is 2. The predicted molar refractivity (Wildman–Crippen MR) is 251 cm³/mol. The number of carbonyl (C=O) groups is 2. The van der Waals surface area contributed by atoms with E-state index in [1.807, 2.05) is 0 Å². The third-order valence-electron chi connectivity index (χ3n) is 12.8. The maximum absolute atomic E-state index is 12.7. The predicted octanol–water partition coefficient (Wildman–Crippen LogP) is 15.4. The Bertz CT molecular complexity index is 795. The maximum atomic E-state index is 12.7. The van der Waals surface area contributed by atoms with Gasteiger partial charge in [0.05, 0.1) is 0 Å². The quantitative estimate of drug-likeness (QED) is 0.0488. The van der Waals surface area contributed by atoms with Crippen molar-refractivity contribution in [1.82, 2.24) is 10.2 Å². The number of likely N-dealkylation sites (tertiary alicyclic amines) is 1. The number of nitrogens with one attached hydrogen (secondary N) is 1. The van der Waals surface area contributed by atoms with Gasteiger partial charge in [0.2, 0.25) is 0 Å². The number of hydrogen-bond acceptors (Lipinski definition) is 6. The molecule has 344 valence electrons. The number of unbranched alkanes of at least 4 members (excludes halogenated alkanes) is 22. The molecule has 0 amide bonds. The zero-order chi connectivity index (χ0) is 42.0. The van der Waals surface area contributed by atoms with E-state index in [-0.39, 0.29) is 24.1 Å². The molecule has 0 bridgehead atoms. The molecule has 1 fully saturated rings. The molecule has 0 atom stereocenters. The molecule has 0 saturated carbocycles. The smallest absolute Gasteiger partial charge is 0.306 e. The highest BCUT2D eigenvalue weighted by Crippen LogP contribution is 2.20. The maximum Gasteiger partial charge on any atom is 0.306 e. The number of esters is 2. The summed E-state index contributed by atoms with van der Waals surface area (Å²) in [5, 5.41) is 3.97. The molecule has 6 heteroatoms. The number of rotatable bonds is 45. The van der Waals surface area contributed by atoms with Gasteiger partial charge in [-0.1, -0.05) is 169 Å². The van der Waals surface area contributed by atoms with E-state index in [1.54, 1.807) is 0 Å². The molecule has 0 aromatic carbocycles. The van der Waals surface area contributed by atoms with Gasteiger partial charge >= 0.3 is 11.9 Å². The Labute approximate surface area is 362 Å². The molecule has 0 aromatic heterocycles. The highest BCUT2D eigenvalue weighted by Gasteiger charge is 2.16. The minimum Gasteiger partial charge on any atom is -0.462 e. The SMILES string of the molecule is CCCCCCC(CCCCCC)OC(=O)CCCCCCCCC(CCCCCCCCC(=O)OC(CCCCCC)CCCCCC)NCCCN1CCCC1. The molecule has 6 nitrogen and oxygen atoms in total. The van der Waals surface area contributed by atoms with Crippen molar-refractivity contribution < 1.29 is 19.1 Å². The van der Waals surface area contributed by atoms with Gasteiger partial charge in [0.1, 0.15) is 12.2 Å². The molecule has 1 N–H and O–H groups in total. The summed E-state index contributed by atoms with van der Waals surface area (Å²) in [5.41, 5.74) is 0. The van der Waals surface area contributed by atoms with Gasteiger partial charge in [-0.3, -0.25) is 9.59 Å². The van der Waals surface area contributed by atoms with Crippen LogP contribution in [-0.2, 0) is 19.1 Å². The van der Waals surface area contributed by atoms with Crippen LogP contribution in [0.5, 0.6) is 0 Å². The van der Waals surface area contributed by atoms with Crippen molar-refractivity contribution in [1.29, 1.82) is 0 Å². The van der Waals surface area contributed by atoms with Gasteiger partial charge in [-0.05, 0) is 122 Å². The van der Waals surface area contributed by atoms with Crippen LogP contribution >= 0.6 is 0 Å². The second-order valence-corrected chi connectivity index (χ2v) is 18.5. The van der Waals surface area contributed by atoms with Crippen molar-refractivity contribution in [2.45, 2.75) is 296 Å². The zero-order valence-corrected chi connectivity index (χ0v) is 39.7. The number of nitrogens with zero attached hydrogens (tertiary/aromatic N) is 1. The monoisotopic (exact) mass is 819 g/mol. The average molecular weight is 819 g/mol. The summed E-state index contributed by atoms with van der Waals surface area (Å²) in [7, 11) is 0. The lowest BCUT2D eigenvalue weighted by atomic mass is 9.99. The van der Waals surface area contributed by atoms with E-state index in [0.717, 1.165) is 57.9 Å². The summed E-state index contributed by atoms with van der Waals surface area (Å²) in [5.74, 6) is 0.0826. The molecule has 1 aliphatic rings. The summed E-state index contributed by atoms with van der Waals surface area (Å²) in [4.78, 5) is 28.0. The van der Waals surface area contributed by atoms with Crippen LogP contribution in [0.3, 0.4) is 0 Å². The Morgan fingerprint density at radius 3 is 1.14 bits per heavy atom. The van der Waals surface area contributed by atoms with Crippen molar-refractivity contribution in [2.24, 2.45) is 0 Å². The standard InChI is InChI=1S/C52H102N2O4/c1-5-9-13-27-38-49(39-28-14-10-6-2)57-51(55)42-31-23-19-17-21-25-36-48(53-44-35-47-54-45-33-34-46-54)37-26-22-18-20-24-32-43-52(56)58-50(40-29-15-11-7-3)41-30-16-12-8-4/h48-50,53H,5-47H2,1-4H3. The van der Waals surface area contributed by atoms with Crippen LogP contribution in [-0.4, -0.2) is 61.3 Å². The van der Waals surface area contributed by atoms with Crippen LogP contribution in [0.4, 0.5) is 0 Å². The molecular formula is C52H102N2O4. The van der Waals surface area contributed by atoms with Gasteiger partial charge in [0, 0.05) is 18.9 Å². The van der Waals surface area contributed by atoms with Gasteiger partial charge in [0.15, 0.2) is 0 Å². The third kappa shape index (κ3) is 35.6. The Morgan fingerprint density at radius 1 is 0.431 bits per heavy atom. The Hall–Kier alpha value is -1.14. The Balaban J connectivity index is 2.28. The van der Waals surface area contributed by atoms with Crippen LogP contribution in [0.1, 0.15) is 278 Å². The molecule has 58 heavy (non-hydrogen) atoms. The lowest BCUT2D eigenvalue weighted by Gasteiger charge is -2.20. The van der Waals surface area contributed by atoms with Crippen LogP contribution < -0.4 is 5.32 Å². The fraction of sp³-hybridized carbons (Fsp3) is 0.962. The van der Waals surface area contributed by atoms with Gasteiger partial charge in [-0.2, -0.15) is 0 Å². The molecule has 1 saturated heterocycles. The van der Waals surface area contributed by atoms with Crippen LogP contribution in [0.2, 0.25) is 0 Å². The molecule has 0 unspecified atom stereocenters. The average Bonchev–Trinajstić information content (AvgIpc) is 3.75. The largest absolute Gasteiger partial charge is 0.462 e. The molecular weight excluding hydrogens is 717 g/mol. The normalized spacial score (nSPS) is 13.4. The highest BCUT2D eigenvalue weighted by molar-refractivity contribution is 5.69. The minimum absolute atomic E-state index is 0.0413. The minimum atomic E-state index is 0.0413. The van der Waals surface area contributed by atoms with Gasteiger partial charge in [0.25, 0.3) is 0 Å². The van der Waals surface area contributed by atoms with E-state index in [1.165, 1.54) is 206 Å². The van der Waals surface area contributed by atoms with Gasteiger partial charge < -0.3 is 19.7 Å². The summed E-state index contributed by atoms with van der Waals surface area (Å²) in [6.07, 6.45) is 46.6. The lowest BCUT2D eigenvalue weighted by Crippen LogP contribution is -2.32. The molecule has 1 aliphatic heterocycles. The van der Waals surface area contributed by atoms with E-state index in [0.29, 0.717) is 18.9 Å². The molecule has 1 heterocycles. The van der Waals surface area contributed by atoms with Gasteiger partial charge in [-0.15, -0.1) is 0 Å². The lowest BCUT2D eigenvalue weighted by molar-refractivity contribution is -0.151. The number of hydrogen-bond donors (Lipinski definition) is 1. The first-order chi connectivity index (χ1) is 28.5. The van der Waals surface area contributed by atoms with E-state index in [2.05, 4.69) is 37.9 Å². The zero-order valence-electron chi connectivity index (χ0n) is 39.7. The summed E-state index contributed by atoms with van der Waals surface area (Å²) < 4.78 is 12.0. The Morgan fingerprint density at radius 2 is 0.759 bits per heavy atom.